The van der Waals surface area contributed by atoms with Crippen LogP contribution in [0, 0.1) is 0 Å². The SMILES string of the molecule is Nc1ncnc2c1ncn2/C=C/CCO. The fourth-order valence-electron chi connectivity index (χ4n) is 1.24. The summed E-state index contributed by atoms with van der Waals surface area (Å²) in [5.74, 6) is 0.370. The van der Waals surface area contributed by atoms with E-state index >= 15 is 0 Å². The lowest BCUT2D eigenvalue weighted by Crippen LogP contribution is -1.94. The summed E-state index contributed by atoms with van der Waals surface area (Å²) in [5, 5.41) is 8.63. The van der Waals surface area contributed by atoms with E-state index < -0.39 is 0 Å². The Morgan fingerprint density at radius 3 is 3.07 bits per heavy atom. The molecule has 6 heteroatoms. The maximum atomic E-state index is 8.63. The van der Waals surface area contributed by atoms with Crippen molar-refractivity contribution in [1.29, 1.82) is 0 Å². The zero-order valence-corrected chi connectivity index (χ0v) is 8.04. The fraction of sp³-hybridized carbons (Fsp3) is 0.222. The lowest BCUT2D eigenvalue weighted by atomic mass is 10.4. The van der Waals surface area contributed by atoms with Crippen molar-refractivity contribution in [2.75, 3.05) is 12.3 Å². The van der Waals surface area contributed by atoms with Crippen molar-refractivity contribution in [3.63, 3.8) is 0 Å². The molecule has 15 heavy (non-hydrogen) atoms. The van der Waals surface area contributed by atoms with Gasteiger partial charge < -0.3 is 10.8 Å². The maximum absolute atomic E-state index is 8.63. The zero-order chi connectivity index (χ0) is 10.7. The molecule has 78 valence electrons. The van der Waals surface area contributed by atoms with Crippen LogP contribution in [-0.4, -0.2) is 31.2 Å². The van der Waals surface area contributed by atoms with Gasteiger partial charge in [0.1, 0.15) is 12.7 Å². The van der Waals surface area contributed by atoms with Crippen LogP contribution in [0.5, 0.6) is 0 Å². The first kappa shape index (κ1) is 9.60. The zero-order valence-electron chi connectivity index (χ0n) is 8.04. The Labute approximate surface area is 86.1 Å². The quantitative estimate of drug-likeness (QED) is 0.750. The molecule has 2 aromatic rings. The van der Waals surface area contributed by atoms with Crippen LogP contribution in [0.2, 0.25) is 0 Å². The molecule has 0 aromatic carbocycles. The minimum Gasteiger partial charge on any atom is -0.396 e. The van der Waals surface area contributed by atoms with Crippen LogP contribution >= 0.6 is 0 Å². The Bertz CT molecular complexity index is 490. The summed E-state index contributed by atoms with van der Waals surface area (Å²) in [5.41, 5.74) is 6.89. The van der Waals surface area contributed by atoms with Gasteiger partial charge in [0, 0.05) is 12.8 Å². The van der Waals surface area contributed by atoms with Gasteiger partial charge in [-0.15, -0.1) is 0 Å². The van der Waals surface area contributed by atoms with E-state index in [2.05, 4.69) is 15.0 Å². The number of aromatic nitrogens is 4. The smallest absolute Gasteiger partial charge is 0.169 e. The number of aliphatic hydroxyl groups excluding tert-OH is 1. The Balaban J connectivity index is 2.41. The van der Waals surface area contributed by atoms with Crippen molar-refractivity contribution in [3.05, 3.63) is 18.7 Å². The van der Waals surface area contributed by atoms with Crippen molar-refractivity contribution in [2.24, 2.45) is 0 Å². The van der Waals surface area contributed by atoms with E-state index in [0.29, 0.717) is 23.4 Å². The highest BCUT2D eigenvalue weighted by atomic mass is 16.2. The molecule has 0 bridgehead atoms. The monoisotopic (exact) mass is 205 g/mol. The molecule has 0 amide bonds. The number of hydrogen-bond acceptors (Lipinski definition) is 5. The molecular formula is C9H11N5O. The topological polar surface area (TPSA) is 89.9 Å². The number of nitrogens with zero attached hydrogens (tertiary/aromatic N) is 4. The summed E-state index contributed by atoms with van der Waals surface area (Å²) >= 11 is 0. The van der Waals surface area contributed by atoms with Crippen molar-refractivity contribution in [2.45, 2.75) is 6.42 Å². The summed E-state index contributed by atoms with van der Waals surface area (Å²) in [6, 6.07) is 0. The van der Waals surface area contributed by atoms with Crippen LogP contribution < -0.4 is 5.73 Å². The van der Waals surface area contributed by atoms with Crippen LogP contribution in [0.15, 0.2) is 18.7 Å². The van der Waals surface area contributed by atoms with Gasteiger partial charge >= 0.3 is 0 Å². The molecule has 0 saturated heterocycles. The van der Waals surface area contributed by atoms with Gasteiger partial charge in [-0.25, -0.2) is 15.0 Å². The molecule has 0 unspecified atom stereocenters. The highest BCUT2D eigenvalue weighted by molar-refractivity contribution is 5.82. The summed E-state index contributed by atoms with van der Waals surface area (Å²) in [7, 11) is 0. The molecule has 2 rings (SSSR count). The second-order valence-electron chi connectivity index (χ2n) is 2.98. The molecule has 0 atom stereocenters. The molecule has 0 radical (unpaired) electrons. The Morgan fingerprint density at radius 1 is 1.40 bits per heavy atom. The molecule has 0 aliphatic heterocycles. The average Bonchev–Trinajstić information content (AvgIpc) is 2.64. The van der Waals surface area contributed by atoms with Crippen LogP contribution in [0.1, 0.15) is 6.42 Å². The van der Waals surface area contributed by atoms with Gasteiger partial charge in [0.05, 0.1) is 0 Å². The summed E-state index contributed by atoms with van der Waals surface area (Å²) < 4.78 is 1.74. The lowest BCUT2D eigenvalue weighted by Gasteiger charge is -1.95. The van der Waals surface area contributed by atoms with E-state index in [0.717, 1.165) is 0 Å². The maximum Gasteiger partial charge on any atom is 0.169 e. The molecule has 3 N–H and O–H groups in total. The van der Waals surface area contributed by atoms with Gasteiger partial charge in [-0.3, -0.25) is 4.57 Å². The Kier molecular flexibility index (Phi) is 2.59. The summed E-state index contributed by atoms with van der Waals surface area (Å²) in [6.45, 7) is 0.125. The van der Waals surface area contributed by atoms with Gasteiger partial charge in [-0.2, -0.15) is 0 Å². The number of nitrogens with two attached hydrogens (primary N) is 1. The molecule has 0 spiro atoms. The predicted octanol–water partition coefficient (Wildman–Crippen LogP) is 0.262. The minimum absolute atomic E-state index is 0.125. The first-order chi connectivity index (χ1) is 7.33. The lowest BCUT2D eigenvalue weighted by molar-refractivity contribution is 0.303. The molecule has 0 aliphatic rings. The first-order valence-corrected chi connectivity index (χ1v) is 4.53. The third-order valence-electron chi connectivity index (χ3n) is 1.95. The molecule has 0 aliphatic carbocycles. The van der Waals surface area contributed by atoms with E-state index in [4.69, 9.17) is 10.8 Å². The third-order valence-corrected chi connectivity index (χ3v) is 1.95. The first-order valence-electron chi connectivity index (χ1n) is 4.53. The number of nitrogen functional groups attached to an aromatic ring is 1. The van der Waals surface area contributed by atoms with E-state index in [9.17, 15) is 0 Å². The van der Waals surface area contributed by atoms with Crippen LogP contribution in [0.25, 0.3) is 17.4 Å². The van der Waals surface area contributed by atoms with Gasteiger partial charge in [0.2, 0.25) is 0 Å². The van der Waals surface area contributed by atoms with Gasteiger partial charge in [-0.1, -0.05) is 6.08 Å². The number of aliphatic hydroxyl groups is 1. The highest BCUT2D eigenvalue weighted by Crippen LogP contribution is 2.14. The molecule has 0 saturated carbocycles. The van der Waals surface area contributed by atoms with Crippen molar-refractivity contribution >= 4 is 23.2 Å². The highest BCUT2D eigenvalue weighted by Gasteiger charge is 2.04. The van der Waals surface area contributed by atoms with Gasteiger partial charge in [-0.05, 0) is 6.42 Å². The second-order valence-corrected chi connectivity index (χ2v) is 2.98. The normalized spacial score (nSPS) is 11.5. The number of fused-ring (bicyclic) bond motifs is 1. The largest absolute Gasteiger partial charge is 0.396 e. The number of imidazole rings is 1. The van der Waals surface area contributed by atoms with Crippen LogP contribution in [0.3, 0.4) is 0 Å². The standard InChI is InChI=1S/C9H11N5O/c10-8-7-9(12-5-11-8)14(6-13-7)3-1-2-4-15/h1,3,5-6,15H,2,4H2,(H2,10,11,12)/b3-1+. The Hall–Kier alpha value is -1.95. The molecule has 0 fully saturated rings. The van der Waals surface area contributed by atoms with Crippen LogP contribution in [-0.2, 0) is 0 Å². The number of rotatable bonds is 3. The van der Waals surface area contributed by atoms with Gasteiger partial charge in [0.15, 0.2) is 17.0 Å². The van der Waals surface area contributed by atoms with Crippen LogP contribution in [0.4, 0.5) is 5.82 Å². The number of anilines is 1. The predicted molar refractivity (Wildman–Crippen MR) is 56.8 cm³/mol. The van der Waals surface area contributed by atoms with Crippen molar-refractivity contribution < 1.29 is 5.11 Å². The van der Waals surface area contributed by atoms with E-state index in [1.54, 1.807) is 17.1 Å². The van der Waals surface area contributed by atoms with E-state index in [1.165, 1.54) is 6.33 Å². The van der Waals surface area contributed by atoms with Gasteiger partial charge in [0.25, 0.3) is 0 Å². The van der Waals surface area contributed by atoms with E-state index in [-0.39, 0.29) is 6.61 Å². The molecular weight excluding hydrogens is 194 g/mol. The summed E-state index contributed by atoms with van der Waals surface area (Å²) in [4.78, 5) is 12.0. The van der Waals surface area contributed by atoms with Crippen molar-refractivity contribution in [1.82, 2.24) is 19.5 Å². The molecule has 2 heterocycles. The average molecular weight is 205 g/mol. The molecule has 2 aromatic heterocycles. The molecule has 6 nitrogen and oxygen atoms in total. The Morgan fingerprint density at radius 2 is 2.27 bits per heavy atom. The third kappa shape index (κ3) is 1.79. The minimum atomic E-state index is 0.125. The van der Waals surface area contributed by atoms with E-state index in [1.807, 2.05) is 6.08 Å². The summed E-state index contributed by atoms with van der Waals surface area (Å²) in [6.07, 6.45) is 7.23. The fourth-order valence-corrected chi connectivity index (χ4v) is 1.24. The number of hydrogen-bond donors (Lipinski definition) is 2. The second kappa shape index (κ2) is 4.05. The van der Waals surface area contributed by atoms with Crippen molar-refractivity contribution in [3.8, 4) is 0 Å².